The minimum atomic E-state index is -0.551. The molecule has 2 fully saturated rings. The number of likely N-dealkylation sites (tertiary alicyclic amines) is 1. The molecule has 6 nitrogen and oxygen atoms in total. The number of carbonyl (C=O) groups is 2. The molecule has 28 heavy (non-hydrogen) atoms. The van der Waals surface area contributed by atoms with Crippen LogP contribution in [0, 0.1) is 5.92 Å². The van der Waals surface area contributed by atoms with Gasteiger partial charge in [0.15, 0.2) is 0 Å². The van der Waals surface area contributed by atoms with E-state index in [2.05, 4.69) is 10.2 Å². The first kappa shape index (κ1) is 21.1. The number of rotatable bonds is 7. The molecule has 2 saturated heterocycles. The van der Waals surface area contributed by atoms with Crippen LogP contribution in [0.3, 0.4) is 0 Å². The number of piperidine rings is 1. The lowest BCUT2D eigenvalue weighted by Crippen LogP contribution is -2.48. The van der Waals surface area contributed by atoms with Gasteiger partial charge in [-0.05, 0) is 62.9 Å². The molecule has 1 aromatic rings. The highest BCUT2D eigenvalue weighted by Crippen LogP contribution is 2.35. The minimum Gasteiger partial charge on any atom is -0.381 e. The van der Waals surface area contributed by atoms with Crippen LogP contribution in [-0.4, -0.2) is 56.1 Å². The number of amides is 2. The van der Waals surface area contributed by atoms with Gasteiger partial charge in [0, 0.05) is 31.3 Å². The van der Waals surface area contributed by atoms with E-state index >= 15 is 0 Å². The molecule has 3 N–H and O–H groups in total. The van der Waals surface area contributed by atoms with Crippen molar-refractivity contribution < 1.29 is 14.3 Å². The Kier molecular flexibility index (Phi) is 7.32. The summed E-state index contributed by atoms with van der Waals surface area (Å²) in [5.41, 5.74) is 5.89. The van der Waals surface area contributed by atoms with Crippen LogP contribution in [0.15, 0.2) is 24.3 Å². The second-order valence-electron chi connectivity index (χ2n) is 7.85. The molecule has 2 aliphatic heterocycles. The summed E-state index contributed by atoms with van der Waals surface area (Å²) in [6.45, 7) is 4.36. The second-order valence-corrected chi connectivity index (χ2v) is 8.29. The number of ether oxygens (including phenoxy) is 1. The largest absolute Gasteiger partial charge is 0.381 e. The number of benzene rings is 1. The molecule has 0 spiro atoms. The number of nitrogens with two attached hydrogens (primary N) is 1. The first-order valence-corrected chi connectivity index (χ1v) is 10.5. The molecule has 0 bridgehead atoms. The van der Waals surface area contributed by atoms with E-state index in [9.17, 15) is 9.59 Å². The highest BCUT2D eigenvalue weighted by molar-refractivity contribution is 6.30. The van der Waals surface area contributed by atoms with Gasteiger partial charge in [-0.1, -0.05) is 23.7 Å². The molecular formula is C21H30ClN3O3. The van der Waals surface area contributed by atoms with Crippen molar-refractivity contribution >= 4 is 23.4 Å². The van der Waals surface area contributed by atoms with E-state index in [0.717, 1.165) is 44.5 Å². The van der Waals surface area contributed by atoms with Crippen LogP contribution in [-0.2, 0) is 19.7 Å². The monoisotopic (exact) mass is 407 g/mol. The molecule has 2 amide bonds. The van der Waals surface area contributed by atoms with Crippen molar-refractivity contribution in [3.8, 4) is 0 Å². The highest BCUT2D eigenvalue weighted by Gasteiger charge is 2.41. The summed E-state index contributed by atoms with van der Waals surface area (Å²) in [5, 5.41) is 3.80. The molecule has 0 aliphatic carbocycles. The number of hydrogen-bond donors (Lipinski definition) is 2. The fourth-order valence-corrected chi connectivity index (χ4v) is 4.43. The molecule has 1 aromatic carbocycles. The fraction of sp³-hybridized carbons (Fsp3) is 0.619. The van der Waals surface area contributed by atoms with Gasteiger partial charge in [0.25, 0.3) is 0 Å². The number of halogens is 1. The second kappa shape index (κ2) is 9.72. The average Bonchev–Trinajstić information content (AvgIpc) is 2.72. The van der Waals surface area contributed by atoms with Gasteiger partial charge in [0.05, 0.1) is 11.3 Å². The van der Waals surface area contributed by atoms with E-state index in [1.807, 2.05) is 24.3 Å². The Morgan fingerprint density at radius 3 is 2.64 bits per heavy atom. The van der Waals surface area contributed by atoms with E-state index < -0.39 is 5.41 Å². The van der Waals surface area contributed by atoms with Crippen LogP contribution < -0.4 is 11.1 Å². The van der Waals surface area contributed by atoms with E-state index in [1.165, 1.54) is 0 Å². The van der Waals surface area contributed by atoms with Gasteiger partial charge in [-0.3, -0.25) is 9.59 Å². The first-order valence-electron chi connectivity index (χ1n) is 10.1. The standard InChI is InChI=1S/C21H30ClN3O3/c22-18-6-4-17(5-7-18)21(8-13-28-14-9-21)20(27)24-10-2-12-25-11-1-3-16(15-25)19(23)26/h4-7,16H,1-3,8-15H2,(H2,23,26)(H,24,27). The maximum atomic E-state index is 13.1. The molecule has 3 rings (SSSR count). The van der Waals surface area contributed by atoms with Crippen molar-refractivity contribution in [1.82, 2.24) is 10.2 Å². The lowest BCUT2D eigenvalue weighted by molar-refractivity contribution is -0.130. The highest BCUT2D eigenvalue weighted by atomic mass is 35.5. The van der Waals surface area contributed by atoms with Crippen molar-refractivity contribution in [3.05, 3.63) is 34.9 Å². The van der Waals surface area contributed by atoms with E-state index in [0.29, 0.717) is 37.6 Å². The van der Waals surface area contributed by atoms with Crippen LogP contribution in [0.1, 0.15) is 37.7 Å². The summed E-state index contributed by atoms with van der Waals surface area (Å²) >= 11 is 6.02. The summed E-state index contributed by atoms with van der Waals surface area (Å²) in [6.07, 6.45) is 4.08. The Morgan fingerprint density at radius 1 is 1.25 bits per heavy atom. The van der Waals surface area contributed by atoms with Crippen molar-refractivity contribution in [2.75, 3.05) is 39.4 Å². The lowest BCUT2D eigenvalue weighted by Gasteiger charge is -2.36. The summed E-state index contributed by atoms with van der Waals surface area (Å²) in [4.78, 5) is 26.8. The van der Waals surface area contributed by atoms with Gasteiger partial charge in [-0.15, -0.1) is 0 Å². The Hall–Kier alpha value is -1.63. The molecular weight excluding hydrogens is 378 g/mol. The van der Waals surface area contributed by atoms with Gasteiger partial charge in [-0.25, -0.2) is 0 Å². The van der Waals surface area contributed by atoms with Crippen LogP contribution in [0.4, 0.5) is 0 Å². The van der Waals surface area contributed by atoms with Crippen molar-refractivity contribution in [2.24, 2.45) is 11.7 Å². The molecule has 7 heteroatoms. The third-order valence-corrected chi connectivity index (χ3v) is 6.27. The molecule has 1 unspecified atom stereocenters. The first-order chi connectivity index (χ1) is 13.5. The van der Waals surface area contributed by atoms with Crippen molar-refractivity contribution in [1.29, 1.82) is 0 Å². The Balaban J connectivity index is 1.53. The maximum absolute atomic E-state index is 13.1. The quantitative estimate of drug-likeness (QED) is 0.678. The minimum absolute atomic E-state index is 0.0428. The maximum Gasteiger partial charge on any atom is 0.230 e. The van der Waals surface area contributed by atoms with Crippen LogP contribution in [0.2, 0.25) is 5.02 Å². The molecule has 154 valence electrons. The van der Waals surface area contributed by atoms with Crippen LogP contribution in [0.5, 0.6) is 0 Å². The van der Waals surface area contributed by atoms with Gasteiger partial charge < -0.3 is 20.7 Å². The zero-order chi connectivity index (χ0) is 20.0. The molecule has 2 aliphatic rings. The van der Waals surface area contributed by atoms with Crippen molar-refractivity contribution in [2.45, 2.75) is 37.5 Å². The third kappa shape index (κ3) is 5.04. The predicted molar refractivity (Wildman–Crippen MR) is 109 cm³/mol. The number of nitrogens with one attached hydrogen (secondary N) is 1. The van der Waals surface area contributed by atoms with Gasteiger partial charge in [0.2, 0.25) is 11.8 Å². The van der Waals surface area contributed by atoms with E-state index in [1.54, 1.807) is 0 Å². The number of hydrogen-bond acceptors (Lipinski definition) is 4. The van der Waals surface area contributed by atoms with E-state index in [4.69, 9.17) is 22.1 Å². The topological polar surface area (TPSA) is 84.7 Å². The predicted octanol–water partition coefficient (Wildman–Crippen LogP) is 2.09. The lowest BCUT2D eigenvalue weighted by atomic mass is 9.73. The number of carbonyl (C=O) groups excluding carboxylic acids is 2. The van der Waals surface area contributed by atoms with Crippen molar-refractivity contribution in [3.63, 3.8) is 0 Å². The molecule has 0 radical (unpaired) electrons. The number of nitrogens with zero attached hydrogens (tertiary/aromatic N) is 1. The SMILES string of the molecule is NC(=O)C1CCCN(CCCNC(=O)C2(c3ccc(Cl)cc3)CCOCC2)C1. The zero-order valence-electron chi connectivity index (χ0n) is 16.3. The Morgan fingerprint density at radius 2 is 1.96 bits per heavy atom. The number of primary amides is 1. The van der Waals surface area contributed by atoms with Crippen LogP contribution >= 0.6 is 11.6 Å². The van der Waals surface area contributed by atoms with Gasteiger partial charge in [0.1, 0.15) is 0 Å². The third-order valence-electron chi connectivity index (χ3n) is 6.02. The molecule has 1 atom stereocenters. The summed E-state index contributed by atoms with van der Waals surface area (Å²) in [5.74, 6) is -0.187. The van der Waals surface area contributed by atoms with Gasteiger partial charge in [-0.2, -0.15) is 0 Å². The van der Waals surface area contributed by atoms with E-state index in [-0.39, 0.29) is 17.7 Å². The normalized spacial score (nSPS) is 22.5. The zero-order valence-corrected chi connectivity index (χ0v) is 17.0. The Bertz CT molecular complexity index is 674. The molecule has 0 aromatic heterocycles. The summed E-state index contributed by atoms with van der Waals surface area (Å²) < 4.78 is 5.50. The summed E-state index contributed by atoms with van der Waals surface area (Å²) in [7, 11) is 0. The molecule has 2 heterocycles. The van der Waals surface area contributed by atoms with Gasteiger partial charge >= 0.3 is 0 Å². The Labute approximate surface area is 171 Å². The van der Waals surface area contributed by atoms with Crippen LogP contribution in [0.25, 0.3) is 0 Å². The molecule has 0 saturated carbocycles. The fourth-order valence-electron chi connectivity index (χ4n) is 4.30. The smallest absolute Gasteiger partial charge is 0.230 e. The average molecular weight is 408 g/mol. The summed E-state index contributed by atoms with van der Waals surface area (Å²) in [6, 6.07) is 7.58.